The SMILES string of the molecule is CNC(C)Cc1noc(CC2CCCCO2)n1.Cl. The third kappa shape index (κ3) is 4.55. The minimum Gasteiger partial charge on any atom is -0.378 e. The highest BCUT2D eigenvalue weighted by atomic mass is 35.5. The molecule has 0 amide bonds. The molecule has 0 bridgehead atoms. The Kier molecular flexibility index (Phi) is 6.60. The number of hydrogen-bond donors (Lipinski definition) is 1. The molecule has 2 unspecified atom stereocenters. The summed E-state index contributed by atoms with van der Waals surface area (Å²) in [4.78, 5) is 4.39. The van der Waals surface area contributed by atoms with Crippen LogP contribution in [-0.4, -0.2) is 35.9 Å². The van der Waals surface area contributed by atoms with E-state index >= 15 is 0 Å². The van der Waals surface area contributed by atoms with E-state index in [0.717, 1.165) is 31.7 Å². The Hall–Kier alpha value is -0.650. The first-order valence-electron chi connectivity index (χ1n) is 6.38. The molecule has 0 aliphatic carbocycles. The van der Waals surface area contributed by atoms with Crippen LogP contribution in [0.4, 0.5) is 0 Å². The molecule has 2 atom stereocenters. The molecule has 104 valence electrons. The van der Waals surface area contributed by atoms with Crippen LogP contribution in [0.2, 0.25) is 0 Å². The molecule has 0 aromatic carbocycles. The third-order valence-corrected chi connectivity index (χ3v) is 3.17. The lowest BCUT2D eigenvalue weighted by molar-refractivity contribution is 0.0124. The molecule has 2 heterocycles. The van der Waals surface area contributed by atoms with Gasteiger partial charge in [0.2, 0.25) is 5.89 Å². The van der Waals surface area contributed by atoms with E-state index in [-0.39, 0.29) is 18.5 Å². The van der Waals surface area contributed by atoms with Gasteiger partial charge >= 0.3 is 0 Å². The van der Waals surface area contributed by atoms with E-state index < -0.39 is 0 Å². The smallest absolute Gasteiger partial charge is 0.229 e. The number of halogens is 1. The Morgan fingerprint density at radius 1 is 1.44 bits per heavy atom. The van der Waals surface area contributed by atoms with Crippen molar-refractivity contribution in [3.63, 3.8) is 0 Å². The average Bonchev–Trinajstić information content (AvgIpc) is 2.77. The maximum Gasteiger partial charge on any atom is 0.229 e. The minimum atomic E-state index is 0. The molecule has 0 saturated carbocycles. The molecule has 1 aliphatic rings. The van der Waals surface area contributed by atoms with Crippen molar-refractivity contribution in [3.05, 3.63) is 11.7 Å². The summed E-state index contributed by atoms with van der Waals surface area (Å²) in [6.07, 6.45) is 5.32. The quantitative estimate of drug-likeness (QED) is 0.887. The van der Waals surface area contributed by atoms with Crippen molar-refractivity contribution in [2.45, 2.75) is 51.2 Å². The molecule has 1 fully saturated rings. The first-order valence-corrected chi connectivity index (χ1v) is 6.38. The lowest BCUT2D eigenvalue weighted by Gasteiger charge is -2.20. The molecule has 1 aliphatic heterocycles. The van der Waals surface area contributed by atoms with Gasteiger partial charge in [-0.2, -0.15) is 4.98 Å². The van der Waals surface area contributed by atoms with E-state index in [1.807, 2.05) is 7.05 Å². The molecule has 1 saturated heterocycles. The van der Waals surface area contributed by atoms with E-state index in [0.29, 0.717) is 11.9 Å². The van der Waals surface area contributed by atoms with Crippen LogP contribution < -0.4 is 5.32 Å². The normalized spacial score (nSPS) is 21.3. The van der Waals surface area contributed by atoms with Crippen LogP contribution in [-0.2, 0) is 17.6 Å². The van der Waals surface area contributed by atoms with Crippen molar-refractivity contribution < 1.29 is 9.26 Å². The van der Waals surface area contributed by atoms with E-state index in [1.54, 1.807) is 0 Å². The fourth-order valence-electron chi connectivity index (χ4n) is 2.00. The van der Waals surface area contributed by atoms with Crippen LogP contribution >= 0.6 is 12.4 Å². The van der Waals surface area contributed by atoms with Crippen LogP contribution in [0.1, 0.15) is 37.9 Å². The van der Waals surface area contributed by atoms with Crippen molar-refractivity contribution in [3.8, 4) is 0 Å². The Labute approximate surface area is 114 Å². The molecule has 1 aromatic rings. The Bertz CT molecular complexity index is 340. The van der Waals surface area contributed by atoms with Crippen molar-refractivity contribution in [1.82, 2.24) is 15.5 Å². The van der Waals surface area contributed by atoms with Gasteiger partial charge in [-0.05, 0) is 33.2 Å². The zero-order valence-electron chi connectivity index (χ0n) is 11.0. The van der Waals surface area contributed by atoms with Gasteiger partial charge in [0.25, 0.3) is 0 Å². The molecule has 0 spiro atoms. The lowest BCUT2D eigenvalue weighted by Crippen LogP contribution is -2.24. The Morgan fingerprint density at radius 2 is 2.28 bits per heavy atom. The highest BCUT2D eigenvalue weighted by molar-refractivity contribution is 5.85. The van der Waals surface area contributed by atoms with E-state index in [9.17, 15) is 0 Å². The monoisotopic (exact) mass is 275 g/mol. The summed E-state index contributed by atoms with van der Waals surface area (Å²) in [5, 5.41) is 7.15. The van der Waals surface area contributed by atoms with Gasteiger partial charge in [0.15, 0.2) is 5.82 Å². The number of aromatic nitrogens is 2. The number of rotatable bonds is 5. The highest BCUT2D eigenvalue weighted by Gasteiger charge is 2.18. The number of hydrogen-bond acceptors (Lipinski definition) is 5. The first-order chi connectivity index (χ1) is 8.28. The first kappa shape index (κ1) is 15.4. The predicted molar refractivity (Wildman–Crippen MR) is 71.1 cm³/mol. The topological polar surface area (TPSA) is 60.2 Å². The summed E-state index contributed by atoms with van der Waals surface area (Å²) in [7, 11) is 1.93. The summed E-state index contributed by atoms with van der Waals surface area (Å²) in [5.41, 5.74) is 0. The lowest BCUT2D eigenvalue weighted by atomic mass is 10.1. The number of ether oxygens (including phenoxy) is 1. The van der Waals surface area contributed by atoms with Gasteiger partial charge in [0.1, 0.15) is 0 Å². The summed E-state index contributed by atoms with van der Waals surface area (Å²) in [6.45, 7) is 2.96. The van der Waals surface area contributed by atoms with E-state index in [4.69, 9.17) is 9.26 Å². The second-order valence-corrected chi connectivity index (χ2v) is 4.69. The summed E-state index contributed by atoms with van der Waals surface area (Å²) >= 11 is 0. The van der Waals surface area contributed by atoms with Gasteiger partial charge in [-0.1, -0.05) is 5.16 Å². The van der Waals surface area contributed by atoms with Crippen LogP contribution in [0.25, 0.3) is 0 Å². The van der Waals surface area contributed by atoms with E-state index in [1.165, 1.54) is 12.8 Å². The van der Waals surface area contributed by atoms with Crippen LogP contribution in [0.3, 0.4) is 0 Å². The standard InChI is InChI=1S/C12H21N3O2.ClH/c1-9(13-2)7-11-14-12(17-15-11)8-10-5-3-4-6-16-10;/h9-10,13H,3-8H2,1-2H3;1H. The molecule has 5 nitrogen and oxygen atoms in total. The molecule has 6 heteroatoms. The van der Waals surface area contributed by atoms with Gasteiger partial charge in [0, 0.05) is 19.1 Å². The third-order valence-electron chi connectivity index (χ3n) is 3.17. The van der Waals surface area contributed by atoms with Gasteiger partial charge in [0.05, 0.1) is 12.5 Å². The maximum absolute atomic E-state index is 5.65. The Morgan fingerprint density at radius 3 is 2.94 bits per heavy atom. The molecule has 0 radical (unpaired) electrons. The minimum absolute atomic E-state index is 0. The van der Waals surface area contributed by atoms with Gasteiger partial charge in [-0.25, -0.2) is 0 Å². The molecule has 1 aromatic heterocycles. The van der Waals surface area contributed by atoms with Crippen LogP contribution in [0, 0.1) is 0 Å². The maximum atomic E-state index is 5.65. The summed E-state index contributed by atoms with van der Waals surface area (Å²) < 4.78 is 10.9. The van der Waals surface area contributed by atoms with Gasteiger partial charge in [-0.15, -0.1) is 12.4 Å². The van der Waals surface area contributed by atoms with Gasteiger partial charge < -0.3 is 14.6 Å². The van der Waals surface area contributed by atoms with E-state index in [2.05, 4.69) is 22.4 Å². The predicted octanol–water partition coefficient (Wildman–Crippen LogP) is 1.75. The molecule has 1 N–H and O–H groups in total. The van der Waals surface area contributed by atoms with Crippen molar-refractivity contribution in [1.29, 1.82) is 0 Å². The van der Waals surface area contributed by atoms with Crippen molar-refractivity contribution in [2.24, 2.45) is 0 Å². The zero-order chi connectivity index (χ0) is 12.1. The van der Waals surface area contributed by atoms with Crippen LogP contribution in [0.5, 0.6) is 0 Å². The molecule has 18 heavy (non-hydrogen) atoms. The second kappa shape index (κ2) is 7.71. The van der Waals surface area contributed by atoms with Crippen LogP contribution in [0.15, 0.2) is 4.52 Å². The van der Waals surface area contributed by atoms with Gasteiger partial charge in [-0.3, -0.25) is 0 Å². The Balaban J connectivity index is 0.00000162. The number of nitrogens with one attached hydrogen (secondary N) is 1. The fraction of sp³-hybridized carbons (Fsp3) is 0.833. The van der Waals surface area contributed by atoms with Crippen molar-refractivity contribution in [2.75, 3.05) is 13.7 Å². The fourth-order valence-corrected chi connectivity index (χ4v) is 2.00. The molecular weight excluding hydrogens is 254 g/mol. The van der Waals surface area contributed by atoms with Crippen molar-refractivity contribution >= 4 is 12.4 Å². The summed E-state index contributed by atoms with van der Waals surface area (Å²) in [6, 6.07) is 0.367. The zero-order valence-corrected chi connectivity index (χ0v) is 11.8. The second-order valence-electron chi connectivity index (χ2n) is 4.69. The number of nitrogens with zero attached hydrogens (tertiary/aromatic N) is 2. The highest BCUT2D eigenvalue weighted by Crippen LogP contribution is 2.16. The largest absolute Gasteiger partial charge is 0.378 e. The summed E-state index contributed by atoms with van der Waals surface area (Å²) in [5.74, 6) is 1.48. The molecular formula is C12H22ClN3O2. The average molecular weight is 276 g/mol. The number of likely N-dealkylation sites (N-methyl/N-ethyl adjacent to an activating group) is 1. The molecule has 2 rings (SSSR count).